The van der Waals surface area contributed by atoms with Crippen molar-refractivity contribution in [1.29, 1.82) is 0 Å². The van der Waals surface area contributed by atoms with Crippen LogP contribution >= 0.6 is 11.8 Å². The van der Waals surface area contributed by atoms with Crippen LogP contribution in [0.15, 0.2) is 59.8 Å². The standard InChI is InChI=1S/C24H23N5OS/c30-22(28-13-12-21-19(14-28)18-8-4-5-9-20(18)25-21)15-31-24-26-23(16-10-11-16)29(27-24)17-6-2-1-3-7-17/h1-9,16,25H,10-15H2. The van der Waals surface area contributed by atoms with Gasteiger partial charge in [-0.05, 0) is 31.0 Å². The van der Waals surface area contributed by atoms with Crippen molar-refractivity contribution in [3.8, 4) is 5.69 Å². The lowest BCUT2D eigenvalue weighted by Gasteiger charge is -2.27. The third kappa shape index (κ3) is 3.53. The van der Waals surface area contributed by atoms with Gasteiger partial charge in [0.05, 0.1) is 11.4 Å². The number of amides is 1. The molecule has 0 unspecified atom stereocenters. The van der Waals surface area contributed by atoms with Crippen molar-refractivity contribution in [1.82, 2.24) is 24.6 Å². The van der Waals surface area contributed by atoms with E-state index in [2.05, 4.69) is 23.2 Å². The quantitative estimate of drug-likeness (QED) is 0.480. The molecule has 1 amide bonds. The Bertz CT molecular complexity index is 1260. The Balaban J connectivity index is 1.17. The van der Waals surface area contributed by atoms with Gasteiger partial charge in [0.25, 0.3) is 0 Å². The number of thioether (sulfide) groups is 1. The normalized spacial score (nSPS) is 15.9. The first-order chi connectivity index (χ1) is 15.3. The summed E-state index contributed by atoms with van der Waals surface area (Å²) in [6.07, 6.45) is 3.19. The molecule has 0 radical (unpaired) electrons. The molecular weight excluding hydrogens is 406 g/mol. The van der Waals surface area contributed by atoms with Crippen molar-refractivity contribution in [3.05, 3.63) is 71.7 Å². The van der Waals surface area contributed by atoms with Crippen LogP contribution in [0.25, 0.3) is 16.6 Å². The van der Waals surface area contributed by atoms with Crippen LogP contribution in [0.1, 0.15) is 35.8 Å². The summed E-state index contributed by atoms with van der Waals surface area (Å²) in [7, 11) is 0. The van der Waals surface area contributed by atoms with E-state index in [1.165, 1.54) is 28.4 Å². The molecule has 156 valence electrons. The minimum absolute atomic E-state index is 0.143. The molecule has 2 aromatic heterocycles. The zero-order chi connectivity index (χ0) is 20.8. The van der Waals surface area contributed by atoms with Crippen LogP contribution < -0.4 is 0 Å². The first kappa shape index (κ1) is 18.7. The highest BCUT2D eigenvalue weighted by molar-refractivity contribution is 7.99. The maximum Gasteiger partial charge on any atom is 0.233 e. The molecule has 6 nitrogen and oxygen atoms in total. The Hall–Kier alpha value is -3.06. The van der Waals surface area contributed by atoms with E-state index in [1.807, 2.05) is 46.0 Å². The van der Waals surface area contributed by atoms with E-state index in [9.17, 15) is 4.79 Å². The third-order valence-electron chi connectivity index (χ3n) is 6.12. The smallest absolute Gasteiger partial charge is 0.233 e. The van der Waals surface area contributed by atoms with Gasteiger partial charge in [-0.3, -0.25) is 4.79 Å². The molecule has 2 aliphatic rings. The Morgan fingerprint density at radius 1 is 1.10 bits per heavy atom. The number of carbonyl (C=O) groups is 1. The Morgan fingerprint density at radius 2 is 1.90 bits per heavy atom. The van der Waals surface area contributed by atoms with Gasteiger partial charge in [0.2, 0.25) is 11.1 Å². The Morgan fingerprint density at radius 3 is 2.74 bits per heavy atom. The van der Waals surface area contributed by atoms with Gasteiger partial charge < -0.3 is 9.88 Å². The monoisotopic (exact) mass is 429 g/mol. The summed E-state index contributed by atoms with van der Waals surface area (Å²) in [6, 6.07) is 18.5. The lowest BCUT2D eigenvalue weighted by atomic mass is 10.0. The average molecular weight is 430 g/mol. The molecule has 0 atom stereocenters. The first-order valence-corrected chi connectivity index (χ1v) is 11.8. The minimum atomic E-state index is 0.143. The zero-order valence-corrected chi connectivity index (χ0v) is 17.9. The number of hydrogen-bond donors (Lipinski definition) is 1. The number of nitrogens with zero attached hydrogens (tertiary/aromatic N) is 4. The maximum absolute atomic E-state index is 13.0. The van der Waals surface area contributed by atoms with E-state index in [1.54, 1.807) is 0 Å². The fourth-order valence-electron chi connectivity index (χ4n) is 4.33. The highest BCUT2D eigenvalue weighted by Gasteiger charge is 2.31. The molecule has 2 aromatic carbocycles. The summed E-state index contributed by atoms with van der Waals surface area (Å²) in [5.74, 6) is 2.01. The van der Waals surface area contributed by atoms with Gasteiger partial charge in [-0.25, -0.2) is 9.67 Å². The van der Waals surface area contributed by atoms with Gasteiger partial charge in [0.1, 0.15) is 5.82 Å². The molecule has 1 N–H and O–H groups in total. The van der Waals surface area contributed by atoms with Crippen LogP contribution in [0.4, 0.5) is 0 Å². The Labute approximate surface area is 184 Å². The molecule has 31 heavy (non-hydrogen) atoms. The molecule has 3 heterocycles. The highest BCUT2D eigenvalue weighted by Crippen LogP contribution is 2.40. The molecule has 1 aliphatic carbocycles. The molecule has 7 heteroatoms. The van der Waals surface area contributed by atoms with Gasteiger partial charge in [-0.15, -0.1) is 5.10 Å². The van der Waals surface area contributed by atoms with Crippen molar-refractivity contribution in [2.24, 2.45) is 0 Å². The fourth-order valence-corrected chi connectivity index (χ4v) is 5.06. The van der Waals surface area contributed by atoms with Crippen LogP contribution in [-0.2, 0) is 17.8 Å². The second kappa shape index (κ2) is 7.57. The molecule has 1 saturated carbocycles. The molecule has 0 saturated heterocycles. The first-order valence-electron chi connectivity index (χ1n) is 10.8. The number of carbonyl (C=O) groups excluding carboxylic acids is 1. The van der Waals surface area contributed by atoms with E-state index >= 15 is 0 Å². The molecule has 0 bridgehead atoms. The van der Waals surface area contributed by atoms with Crippen LogP contribution in [0.2, 0.25) is 0 Å². The summed E-state index contributed by atoms with van der Waals surface area (Å²) in [4.78, 5) is 23.2. The van der Waals surface area contributed by atoms with Crippen molar-refractivity contribution in [2.75, 3.05) is 12.3 Å². The summed E-state index contributed by atoms with van der Waals surface area (Å²) in [5.41, 5.74) is 4.69. The van der Waals surface area contributed by atoms with Crippen LogP contribution in [0, 0.1) is 0 Å². The fraction of sp³-hybridized carbons (Fsp3) is 0.292. The van der Waals surface area contributed by atoms with E-state index < -0.39 is 0 Å². The molecule has 0 spiro atoms. The number of rotatable bonds is 5. The lowest BCUT2D eigenvalue weighted by molar-refractivity contribution is -0.129. The highest BCUT2D eigenvalue weighted by atomic mass is 32.2. The molecular formula is C24H23N5OS. The van der Waals surface area contributed by atoms with Crippen molar-refractivity contribution in [3.63, 3.8) is 0 Å². The summed E-state index contributed by atoms with van der Waals surface area (Å²) in [5, 5.41) is 6.63. The largest absolute Gasteiger partial charge is 0.358 e. The Kier molecular flexibility index (Phi) is 4.56. The van der Waals surface area contributed by atoms with Crippen molar-refractivity contribution < 1.29 is 4.79 Å². The molecule has 1 aliphatic heterocycles. The predicted molar refractivity (Wildman–Crippen MR) is 121 cm³/mol. The number of para-hydroxylation sites is 2. The molecule has 4 aromatic rings. The third-order valence-corrected chi connectivity index (χ3v) is 6.94. The van der Waals surface area contributed by atoms with E-state index in [-0.39, 0.29) is 5.91 Å². The van der Waals surface area contributed by atoms with Crippen molar-refractivity contribution >= 4 is 28.6 Å². The van der Waals surface area contributed by atoms with E-state index in [0.29, 0.717) is 23.4 Å². The molecule has 1 fully saturated rings. The van der Waals surface area contributed by atoms with E-state index in [4.69, 9.17) is 10.1 Å². The van der Waals surface area contributed by atoms with Gasteiger partial charge in [0, 0.05) is 47.6 Å². The van der Waals surface area contributed by atoms with Crippen molar-refractivity contribution in [2.45, 2.75) is 36.9 Å². The zero-order valence-electron chi connectivity index (χ0n) is 17.1. The van der Waals surface area contributed by atoms with Crippen LogP contribution in [-0.4, -0.2) is 42.9 Å². The van der Waals surface area contributed by atoms with Gasteiger partial charge in [-0.1, -0.05) is 48.2 Å². The SMILES string of the molecule is O=C(CSc1nc(C2CC2)n(-c2ccccc2)n1)N1CCc2[nH]c3ccccc3c2C1. The lowest BCUT2D eigenvalue weighted by Crippen LogP contribution is -2.36. The number of H-pyrrole nitrogens is 1. The second-order valence-corrected chi connectivity index (χ2v) is 9.20. The number of nitrogens with one attached hydrogen (secondary N) is 1. The summed E-state index contributed by atoms with van der Waals surface area (Å²) >= 11 is 1.44. The number of fused-ring (bicyclic) bond motifs is 3. The number of hydrogen-bond acceptors (Lipinski definition) is 4. The van der Waals surface area contributed by atoms with Crippen LogP contribution in [0.3, 0.4) is 0 Å². The minimum Gasteiger partial charge on any atom is -0.358 e. The number of aromatic amines is 1. The topological polar surface area (TPSA) is 66.8 Å². The van der Waals surface area contributed by atoms with E-state index in [0.717, 1.165) is 42.8 Å². The second-order valence-electron chi connectivity index (χ2n) is 8.26. The average Bonchev–Trinajstić information content (AvgIpc) is 3.46. The van der Waals surface area contributed by atoms with Gasteiger partial charge >= 0.3 is 0 Å². The van der Waals surface area contributed by atoms with Gasteiger partial charge in [-0.2, -0.15) is 0 Å². The predicted octanol–water partition coefficient (Wildman–Crippen LogP) is 4.30. The van der Waals surface area contributed by atoms with Crippen LogP contribution in [0.5, 0.6) is 0 Å². The maximum atomic E-state index is 13.0. The number of benzene rings is 2. The number of aromatic nitrogens is 4. The summed E-state index contributed by atoms with van der Waals surface area (Å²) in [6.45, 7) is 1.41. The summed E-state index contributed by atoms with van der Waals surface area (Å²) < 4.78 is 1.95. The molecule has 6 rings (SSSR count). The van der Waals surface area contributed by atoms with Gasteiger partial charge in [0.15, 0.2) is 0 Å².